The molecule has 1 aliphatic rings. The zero-order valence-electron chi connectivity index (χ0n) is 16.2. The van der Waals surface area contributed by atoms with Crippen LogP contribution in [0.25, 0.3) is 22.5 Å². The van der Waals surface area contributed by atoms with E-state index in [1.807, 2.05) is 50.2 Å². The second-order valence-electron chi connectivity index (χ2n) is 7.30. The van der Waals surface area contributed by atoms with E-state index in [2.05, 4.69) is 4.98 Å². The van der Waals surface area contributed by atoms with E-state index < -0.39 is 22.9 Å². The zero-order valence-corrected chi connectivity index (χ0v) is 16.2. The van der Waals surface area contributed by atoms with Gasteiger partial charge in [-0.25, -0.2) is 4.98 Å². The van der Waals surface area contributed by atoms with Crippen LogP contribution in [-0.2, 0) is 9.59 Å². The van der Waals surface area contributed by atoms with Crippen LogP contribution in [0.3, 0.4) is 0 Å². The third-order valence-electron chi connectivity index (χ3n) is 5.21. The highest BCUT2D eigenvalue weighted by Gasteiger charge is 2.30. The van der Waals surface area contributed by atoms with Gasteiger partial charge in [0.05, 0.1) is 11.0 Å². The molecule has 2 aromatic carbocycles. The Morgan fingerprint density at radius 1 is 0.966 bits per heavy atom. The average molecular weight is 388 g/mol. The highest BCUT2D eigenvalue weighted by Crippen LogP contribution is 2.25. The fourth-order valence-electron chi connectivity index (χ4n) is 3.65. The van der Waals surface area contributed by atoms with Gasteiger partial charge in [0.2, 0.25) is 0 Å². The molecule has 0 unspecified atom stereocenters. The number of para-hydroxylation sites is 1. The number of benzene rings is 2. The molecule has 6 heteroatoms. The molecule has 1 N–H and O–H groups in total. The van der Waals surface area contributed by atoms with Crippen molar-refractivity contribution in [3.63, 3.8) is 0 Å². The predicted molar refractivity (Wildman–Crippen MR) is 110 cm³/mol. The van der Waals surface area contributed by atoms with Crippen LogP contribution >= 0.6 is 0 Å². The van der Waals surface area contributed by atoms with Crippen molar-refractivity contribution in [2.24, 2.45) is 0 Å². The van der Waals surface area contributed by atoms with Gasteiger partial charge in [-0.3, -0.25) is 19.0 Å². The SMILES string of the molecule is Cc1ccc(-n2c(=O)c(C(O)=C3C(=O)CCCC3=O)nc3c(C)cccc32)cc1. The van der Waals surface area contributed by atoms with E-state index in [0.29, 0.717) is 23.1 Å². The van der Waals surface area contributed by atoms with Gasteiger partial charge in [-0.2, -0.15) is 0 Å². The third kappa shape index (κ3) is 3.16. The minimum Gasteiger partial charge on any atom is -0.505 e. The number of allylic oxidation sites excluding steroid dienone is 1. The Balaban J connectivity index is 2.09. The number of ketones is 2. The second kappa shape index (κ2) is 7.13. The fraction of sp³-hybridized carbons (Fsp3) is 0.217. The fourth-order valence-corrected chi connectivity index (χ4v) is 3.65. The van der Waals surface area contributed by atoms with Crippen LogP contribution in [0, 0.1) is 13.8 Å². The zero-order chi connectivity index (χ0) is 20.7. The normalized spacial score (nSPS) is 14.5. The van der Waals surface area contributed by atoms with Crippen molar-refractivity contribution in [1.82, 2.24) is 9.55 Å². The number of rotatable bonds is 2. The van der Waals surface area contributed by atoms with Crippen LogP contribution in [-0.4, -0.2) is 26.2 Å². The molecule has 0 spiro atoms. The van der Waals surface area contributed by atoms with Gasteiger partial charge >= 0.3 is 0 Å². The lowest BCUT2D eigenvalue weighted by Crippen LogP contribution is -2.27. The molecule has 0 amide bonds. The maximum Gasteiger partial charge on any atom is 0.285 e. The molecule has 29 heavy (non-hydrogen) atoms. The number of Topliss-reactive ketones (excluding diaryl/α,β-unsaturated/α-hetero) is 2. The van der Waals surface area contributed by atoms with Crippen LogP contribution in [0.1, 0.15) is 36.1 Å². The summed E-state index contributed by atoms with van der Waals surface area (Å²) >= 11 is 0. The molecule has 0 atom stereocenters. The summed E-state index contributed by atoms with van der Waals surface area (Å²) in [5, 5.41) is 10.8. The van der Waals surface area contributed by atoms with E-state index >= 15 is 0 Å². The molecule has 1 heterocycles. The molecule has 146 valence electrons. The number of carbonyl (C=O) groups excluding carboxylic acids is 2. The number of aliphatic hydroxyl groups is 1. The van der Waals surface area contributed by atoms with Gasteiger partial charge in [-0.05, 0) is 44.0 Å². The van der Waals surface area contributed by atoms with Crippen LogP contribution in [0.5, 0.6) is 0 Å². The van der Waals surface area contributed by atoms with Crippen molar-refractivity contribution in [3.8, 4) is 5.69 Å². The number of aliphatic hydroxyl groups excluding tert-OH is 1. The summed E-state index contributed by atoms with van der Waals surface area (Å²) < 4.78 is 1.46. The Labute approximate surface area is 167 Å². The molecule has 0 radical (unpaired) electrons. The van der Waals surface area contributed by atoms with E-state index in [9.17, 15) is 19.5 Å². The Kier molecular flexibility index (Phi) is 4.62. The van der Waals surface area contributed by atoms with Crippen molar-refractivity contribution in [2.45, 2.75) is 33.1 Å². The molecule has 1 saturated carbocycles. The van der Waals surface area contributed by atoms with Crippen molar-refractivity contribution in [2.75, 3.05) is 0 Å². The van der Waals surface area contributed by atoms with Crippen molar-refractivity contribution >= 4 is 28.4 Å². The van der Waals surface area contributed by atoms with Gasteiger partial charge in [-0.1, -0.05) is 29.8 Å². The van der Waals surface area contributed by atoms with Gasteiger partial charge in [0.1, 0.15) is 5.57 Å². The minimum atomic E-state index is -0.629. The first-order valence-electron chi connectivity index (χ1n) is 9.48. The molecule has 6 nitrogen and oxygen atoms in total. The first kappa shape index (κ1) is 18.8. The number of hydrogen-bond acceptors (Lipinski definition) is 5. The van der Waals surface area contributed by atoms with E-state index in [0.717, 1.165) is 11.1 Å². The smallest absolute Gasteiger partial charge is 0.285 e. The molecule has 4 rings (SSSR count). The van der Waals surface area contributed by atoms with E-state index in [-0.39, 0.29) is 24.1 Å². The quantitative estimate of drug-likeness (QED) is 0.412. The molecule has 0 saturated heterocycles. The number of nitrogens with zero attached hydrogens (tertiary/aromatic N) is 2. The van der Waals surface area contributed by atoms with E-state index in [1.165, 1.54) is 4.57 Å². The summed E-state index contributed by atoms with van der Waals surface area (Å²) in [7, 11) is 0. The minimum absolute atomic E-state index is 0.171. The molecule has 0 bridgehead atoms. The second-order valence-corrected chi connectivity index (χ2v) is 7.30. The summed E-state index contributed by atoms with van der Waals surface area (Å²) in [6.45, 7) is 3.80. The summed E-state index contributed by atoms with van der Waals surface area (Å²) in [4.78, 5) is 42.3. The van der Waals surface area contributed by atoms with Gasteiger partial charge in [-0.15, -0.1) is 0 Å². The summed E-state index contributed by atoms with van der Waals surface area (Å²) in [5.74, 6) is -1.53. The maximum absolute atomic E-state index is 13.4. The van der Waals surface area contributed by atoms with E-state index in [1.54, 1.807) is 6.07 Å². The number of fused-ring (bicyclic) bond motifs is 1. The van der Waals surface area contributed by atoms with Crippen LogP contribution in [0.15, 0.2) is 52.8 Å². The molecule has 3 aromatic rings. The van der Waals surface area contributed by atoms with Crippen molar-refractivity contribution in [3.05, 3.63) is 75.2 Å². The summed E-state index contributed by atoms with van der Waals surface area (Å²) in [6, 6.07) is 12.8. The predicted octanol–water partition coefficient (Wildman–Crippen LogP) is 3.59. The lowest BCUT2D eigenvalue weighted by molar-refractivity contribution is -0.123. The average Bonchev–Trinajstić information content (AvgIpc) is 2.68. The Hall–Kier alpha value is -3.54. The number of aryl methyl sites for hydroxylation is 2. The first-order valence-corrected chi connectivity index (χ1v) is 9.48. The Morgan fingerprint density at radius 3 is 2.28 bits per heavy atom. The summed E-state index contributed by atoms with van der Waals surface area (Å²) in [5.41, 5.74) is 2.38. The molecule has 0 aliphatic heterocycles. The molecule has 1 aliphatic carbocycles. The number of carbonyl (C=O) groups is 2. The largest absolute Gasteiger partial charge is 0.505 e. The van der Waals surface area contributed by atoms with Crippen molar-refractivity contribution < 1.29 is 14.7 Å². The Bertz CT molecular complexity index is 1230. The molecule has 1 aromatic heterocycles. The van der Waals surface area contributed by atoms with Crippen LogP contribution in [0.2, 0.25) is 0 Å². The van der Waals surface area contributed by atoms with Crippen LogP contribution < -0.4 is 5.56 Å². The van der Waals surface area contributed by atoms with Crippen LogP contribution in [0.4, 0.5) is 0 Å². The van der Waals surface area contributed by atoms with Gasteiger partial charge in [0.15, 0.2) is 23.0 Å². The Morgan fingerprint density at radius 2 is 1.62 bits per heavy atom. The highest BCUT2D eigenvalue weighted by molar-refractivity contribution is 6.25. The lowest BCUT2D eigenvalue weighted by atomic mass is 9.90. The van der Waals surface area contributed by atoms with E-state index in [4.69, 9.17) is 0 Å². The van der Waals surface area contributed by atoms with Gasteiger partial charge in [0, 0.05) is 18.5 Å². The van der Waals surface area contributed by atoms with Gasteiger partial charge in [0.25, 0.3) is 5.56 Å². The monoisotopic (exact) mass is 388 g/mol. The summed E-state index contributed by atoms with van der Waals surface area (Å²) in [6.07, 6.45) is 0.792. The molecular formula is C23H20N2O4. The van der Waals surface area contributed by atoms with Crippen molar-refractivity contribution in [1.29, 1.82) is 0 Å². The third-order valence-corrected chi connectivity index (χ3v) is 5.21. The standard InChI is InChI=1S/C23H20N2O4/c1-13-9-11-15(12-10-13)25-16-6-3-5-14(2)20(16)24-21(23(25)29)22(28)19-17(26)7-4-8-18(19)27/h3,5-6,9-12,28H,4,7-8H2,1-2H3. The maximum atomic E-state index is 13.4. The van der Waals surface area contributed by atoms with Gasteiger partial charge < -0.3 is 5.11 Å². The topological polar surface area (TPSA) is 89.3 Å². The first-order chi connectivity index (χ1) is 13.9. The molecular weight excluding hydrogens is 368 g/mol. The number of aromatic nitrogens is 2. The number of hydrogen-bond donors (Lipinski definition) is 1. The lowest BCUT2D eigenvalue weighted by Gasteiger charge is -2.16. The highest BCUT2D eigenvalue weighted by atomic mass is 16.3. The molecule has 1 fully saturated rings.